The number of unbranched alkanes of at least 4 members (excludes halogenated alkanes) is 1. The van der Waals surface area contributed by atoms with E-state index in [0.717, 1.165) is 24.0 Å². The smallest absolute Gasteiger partial charge is 0.274 e. The molecule has 1 amide bonds. The second-order valence-electron chi connectivity index (χ2n) is 5.76. The largest absolute Gasteiger partial charge is 0.516 e. The first-order chi connectivity index (χ1) is 9.69. The normalized spacial score (nSPS) is 28.0. The highest BCUT2D eigenvalue weighted by Crippen LogP contribution is 2.45. The van der Waals surface area contributed by atoms with Crippen molar-refractivity contribution >= 4 is 15.9 Å². The van der Waals surface area contributed by atoms with Crippen molar-refractivity contribution in [1.82, 2.24) is 4.72 Å². The Labute approximate surface area is 121 Å². The monoisotopic (exact) mass is 325 g/mol. The lowest BCUT2D eigenvalue weighted by molar-refractivity contribution is -0.120. The summed E-state index contributed by atoms with van der Waals surface area (Å²) in [6, 6.07) is 0. The van der Waals surface area contributed by atoms with Crippen molar-refractivity contribution in [1.29, 1.82) is 0 Å². The van der Waals surface area contributed by atoms with E-state index in [1.807, 2.05) is 0 Å². The quantitative estimate of drug-likeness (QED) is 0.603. The molecule has 21 heavy (non-hydrogen) atoms. The van der Waals surface area contributed by atoms with Gasteiger partial charge in [-0.3, -0.25) is 4.79 Å². The number of fused-ring (bicyclic) bond motifs is 2. The minimum Gasteiger partial charge on any atom is -0.274 e. The summed E-state index contributed by atoms with van der Waals surface area (Å²) in [4.78, 5) is 11.2. The lowest BCUT2D eigenvalue weighted by Crippen LogP contribution is -2.40. The van der Waals surface area contributed by atoms with Crippen LogP contribution in [0.3, 0.4) is 0 Å². The van der Waals surface area contributed by atoms with Gasteiger partial charge in [0.15, 0.2) is 0 Å². The van der Waals surface area contributed by atoms with Crippen LogP contribution in [0.25, 0.3) is 0 Å². The minimum absolute atomic E-state index is 0.202. The van der Waals surface area contributed by atoms with Crippen LogP contribution in [-0.4, -0.2) is 19.8 Å². The van der Waals surface area contributed by atoms with Gasteiger partial charge in [-0.05, 0) is 43.4 Å². The molecule has 0 spiro atoms. The van der Waals surface area contributed by atoms with Crippen LogP contribution in [0.1, 0.15) is 38.5 Å². The zero-order valence-corrected chi connectivity index (χ0v) is 12.2. The highest BCUT2D eigenvalue weighted by atomic mass is 32.2. The SMILES string of the molecule is O=C(CCCCC1CC2C=CC1C2)NS(=O)(=O)C(F)(F)F. The van der Waals surface area contributed by atoms with Crippen molar-refractivity contribution in [3.05, 3.63) is 12.2 Å². The highest BCUT2D eigenvalue weighted by Gasteiger charge is 2.46. The summed E-state index contributed by atoms with van der Waals surface area (Å²) in [6.07, 6.45) is 8.65. The molecule has 0 aliphatic heterocycles. The van der Waals surface area contributed by atoms with Gasteiger partial charge in [0, 0.05) is 6.42 Å². The molecule has 8 heteroatoms. The molecular formula is C13H18F3NO3S. The number of alkyl halides is 3. The fourth-order valence-electron chi connectivity index (χ4n) is 3.18. The van der Waals surface area contributed by atoms with E-state index in [0.29, 0.717) is 24.2 Å². The van der Waals surface area contributed by atoms with Gasteiger partial charge in [-0.1, -0.05) is 18.6 Å². The lowest BCUT2D eigenvalue weighted by Gasteiger charge is -2.17. The van der Waals surface area contributed by atoms with Gasteiger partial charge < -0.3 is 0 Å². The van der Waals surface area contributed by atoms with Crippen molar-refractivity contribution in [3.63, 3.8) is 0 Å². The Morgan fingerprint density at radius 2 is 1.90 bits per heavy atom. The van der Waals surface area contributed by atoms with E-state index in [4.69, 9.17) is 0 Å². The fraction of sp³-hybridized carbons (Fsp3) is 0.769. The molecule has 3 unspecified atom stereocenters. The van der Waals surface area contributed by atoms with Crippen molar-refractivity contribution in [2.24, 2.45) is 17.8 Å². The average molecular weight is 325 g/mol. The number of nitrogens with one attached hydrogen (secondary N) is 1. The molecule has 1 N–H and O–H groups in total. The summed E-state index contributed by atoms with van der Waals surface area (Å²) >= 11 is 0. The number of carbonyl (C=O) groups excluding carboxylic acids is 1. The van der Waals surface area contributed by atoms with Gasteiger partial charge in [0.25, 0.3) is 0 Å². The molecule has 0 aromatic rings. The van der Waals surface area contributed by atoms with E-state index < -0.39 is 21.4 Å². The molecule has 2 bridgehead atoms. The van der Waals surface area contributed by atoms with E-state index in [1.54, 1.807) is 0 Å². The van der Waals surface area contributed by atoms with Gasteiger partial charge >= 0.3 is 15.5 Å². The molecule has 4 nitrogen and oxygen atoms in total. The molecular weight excluding hydrogens is 307 g/mol. The third-order valence-corrected chi connectivity index (χ3v) is 5.30. The molecule has 2 aliphatic carbocycles. The summed E-state index contributed by atoms with van der Waals surface area (Å²) in [5, 5.41) is 0. The predicted octanol–water partition coefficient (Wildman–Crippen LogP) is 2.72. The van der Waals surface area contributed by atoms with Gasteiger partial charge in [0.1, 0.15) is 0 Å². The molecule has 1 saturated carbocycles. The standard InChI is InChI=1S/C13H18F3NO3S/c14-13(15,16)21(19,20)17-12(18)4-2-1-3-10-7-9-5-6-11(10)8-9/h5-6,9-11H,1-4,7-8H2,(H,17,18). The summed E-state index contributed by atoms with van der Waals surface area (Å²) in [7, 11) is -5.57. The highest BCUT2D eigenvalue weighted by molar-refractivity contribution is 7.90. The average Bonchev–Trinajstić information content (AvgIpc) is 2.94. The molecule has 0 radical (unpaired) electrons. The zero-order chi connectivity index (χ0) is 15.7. The maximum absolute atomic E-state index is 12.1. The molecule has 0 saturated heterocycles. The van der Waals surface area contributed by atoms with Crippen LogP contribution in [0.15, 0.2) is 12.2 Å². The summed E-state index contributed by atoms with van der Waals surface area (Å²) < 4.78 is 58.7. The Morgan fingerprint density at radius 3 is 2.43 bits per heavy atom. The van der Waals surface area contributed by atoms with E-state index in [2.05, 4.69) is 12.2 Å². The number of hydrogen-bond acceptors (Lipinski definition) is 3. The van der Waals surface area contributed by atoms with Crippen LogP contribution >= 0.6 is 0 Å². The molecule has 120 valence electrons. The van der Waals surface area contributed by atoms with Gasteiger partial charge in [-0.25, -0.2) is 4.72 Å². The fourth-order valence-corrected chi connectivity index (χ4v) is 3.69. The first-order valence-electron chi connectivity index (χ1n) is 6.99. The Bertz CT molecular complexity index is 527. The third-order valence-electron chi connectivity index (χ3n) is 4.20. The Balaban J connectivity index is 1.65. The number of amides is 1. The first-order valence-corrected chi connectivity index (χ1v) is 8.47. The van der Waals surface area contributed by atoms with E-state index in [1.165, 1.54) is 6.42 Å². The van der Waals surface area contributed by atoms with Crippen molar-refractivity contribution in [2.75, 3.05) is 0 Å². The second-order valence-corrected chi connectivity index (χ2v) is 7.43. The van der Waals surface area contributed by atoms with Crippen molar-refractivity contribution in [2.45, 2.75) is 44.0 Å². The Hall–Kier alpha value is -1.05. The molecule has 1 fully saturated rings. The number of halogens is 3. The van der Waals surface area contributed by atoms with Crippen molar-refractivity contribution in [3.8, 4) is 0 Å². The second kappa shape index (κ2) is 5.98. The van der Waals surface area contributed by atoms with Crippen LogP contribution in [0.5, 0.6) is 0 Å². The van der Waals surface area contributed by atoms with Crippen LogP contribution in [0.4, 0.5) is 13.2 Å². The van der Waals surface area contributed by atoms with Gasteiger partial charge in [0.05, 0.1) is 0 Å². The minimum atomic E-state index is -5.57. The van der Waals surface area contributed by atoms with Crippen molar-refractivity contribution < 1.29 is 26.4 Å². The number of carbonyl (C=O) groups is 1. The van der Waals surface area contributed by atoms with Crippen LogP contribution in [-0.2, 0) is 14.8 Å². The van der Waals surface area contributed by atoms with E-state index >= 15 is 0 Å². The first kappa shape index (κ1) is 16.3. The molecule has 2 aliphatic rings. The van der Waals surface area contributed by atoms with Crippen LogP contribution < -0.4 is 4.72 Å². The van der Waals surface area contributed by atoms with Gasteiger partial charge in [-0.2, -0.15) is 21.6 Å². The predicted molar refractivity (Wildman–Crippen MR) is 70.4 cm³/mol. The molecule has 2 rings (SSSR count). The molecule has 3 atom stereocenters. The maximum Gasteiger partial charge on any atom is 0.516 e. The number of hydrogen-bond donors (Lipinski definition) is 1. The molecule has 0 aromatic carbocycles. The van der Waals surface area contributed by atoms with Crippen LogP contribution in [0.2, 0.25) is 0 Å². The summed E-state index contributed by atoms with van der Waals surface area (Å²) in [5.41, 5.74) is -5.45. The van der Waals surface area contributed by atoms with E-state index in [9.17, 15) is 26.4 Å². The summed E-state index contributed by atoms with van der Waals surface area (Å²) in [6.45, 7) is 0. The van der Waals surface area contributed by atoms with Gasteiger partial charge in [-0.15, -0.1) is 0 Å². The van der Waals surface area contributed by atoms with Gasteiger partial charge in [0.2, 0.25) is 5.91 Å². The summed E-state index contributed by atoms with van der Waals surface area (Å²) in [5.74, 6) is 0.775. The lowest BCUT2D eigenvalue weighted by atomic mass is 9.89. The topological polar surface area (TPSA) is 63.2 Å². The zero-order valence-electron chi connectivity index (χ0n) is 11.4. The third kappa shape index (κ3) is 3.99. The molecule has 0 aromatic heterocycles. The maximum atomic E-state index is 12.1. The number of sulfonamides is 1. The number of allylic oxidation sites excluding steroid dienone is 2. The Morgan fingerprint density at radius 1 is 1.19 bits per heavy atom. The Kier molecular flexibility index (Phi) is 4.65. The van der Waals surface area contributed by atoms with Crippen LogP contribution in [0, 0.1) is 17.8 Å². The number of rotatable bonds is 6. The molecule has 0 heterocycles. The van der Waals surface area contributed by atoms with E-state index in [-0.39, 0.29) is 6.42 Å².